The first-order valence-corrected chi connectivity index (χ1v) is 13.8. The second-order valence-electron chi connectivity index (χ2n) is 10.4. The number of carbonyl (C=O) groups is 1. The first kappa shape index (κ1) is 29.8. The molecule has 2 aliphatic rings. The molecule has 2 aromatic heterocycles. The second-order valence-corrected chi connectivity index (χ2v) is 10.9. The molecule has 2 fully saturated rings. The first-order chi connectivity index (χ1) is 19.9. The number of likely N-dealkylation sites (N-methyl/N-ethyl adjacent to an activating group) is 1. The van der Waals surface area contributed by atoms with Crippen molar-refractivity contribution in [1.82, 2.24) is 24.8 Å². The highest BCUT2D eigenvalue weighted by atomic mass is 35.5. The number of aromatic nitrogens is 3. The van der Waals surface area contributed by atoms with E-state index in [1.807, 2.05) is 16.8 Å². The van der Waals surface area contributed by atoms with Gasteiger partial charge in [-0.15, -0.1) is 0 Å². The van der Waals surface area contributed by atoms with Crippen molar-refractivity contribution in [1.29, 1.82) is 0 Å². The highest BCUT2D eigenvalue weighted by molar-refractivity contribution is 6.34. The molecule has 0 aliphatic carbocycles. The summed E-state index contributed by atoms with van der Waals surface area (Å²) in [5, 5.41) is 0.480. The molecule has 42 heavy (non-hydrogen) atoms. The van der Waals surface area contributed by atoms with Crippen LogP contribution in [0.4, 0.5) is 29.2 Å². The SMILES string of the molecule is C=CC(=O)N1CCN(c2nc(OC[C@@H]3C[C@@H](F)[C@H](C)N3C)nc3cc(-c4nc(N)ccc4C(F)(F)F)c(Cl)cc23)CC1. The number of hydrogen-bond acceptors (Lipinski definition) is 8. The number of piperazine rings is 1. The van der Waals surface area contributed by atoms with Gasteiger partial charge in [-0.25, -0.2) is 9.37 Å². The number of pyridine rings is 1. The molecule has 0 unspecified atom stereocenters. The summed E-state index contributed by atoms with van der Waals surface area (Å²) in [7, 11) is 1.82. The van der Waals surface area contributed by atoms with E-state index in [0.717, 1.165) is 12.1 Å². The van der Waals surface area contributed by atoms with Gasteiger partial charge < -0.3 is 20.3 Å². The number of nitrogens with zero attached hydrogens (tertiary/aromatic N) is 6. The first-order valence-electron chi connectivity index (χ1n) is 13.4. The number of benzene rings is 1. The maximum absolute atomic E-state index is 14.3. The summed E-state index contributed by atoms with van der Waals surface area (Å²) in [6.45, 7) is 7.11. The van der Waals surface area contributed by atoms with Crippen molar-refractivity contribution in [2.75, 3.05) is 50.5 Å². The van der Waals surface area contributed by atoms with E-state index in [-0.39, 0.29) is 52.5 Å². The van der Waals surface area contributed by atoms with Crippen molar-refractivity contribution < 1.29 is 27.1 Å². The molecular formula is C28H30ClF4N7O2. The molecule has 0 bridgehead atoms. The average Bonchev–Trinajstić information content (AvgIpc) is 3.20. The van der Waals surface area contributed by atoms with E-state index in [2.05, 4.69) is 21.5 Å². The number of nitrogen functional groups attached to an aromatic ring is 1. The fourth-order valence-electron chi connectivity index (χ4n) is 5.34. The van der Waals surface area contributed by atoms with E-state index >= 15 is 0 Å². The Kier molecular flexibility index (Phi) is 8.17. The van der Waals surface area contributed by atoms with Crippen LogP contribution >= 0.6 is 11.6 Å². The Hall–Kier alpha value is -3.71. The van der Waals surface area contributed by atoms with Crippen molar-refractivity contribution in [3.8, 4) is 17.3 Å². The van der Waals surface area contributed by atoms with Crippen molar-refractivity contribution in [2.45, 2.75) is 37.8 Å². The molecule has 0 radical (unpaired) electrons. The quantitative estimate of drug-likeness (QED) is 0.321. The lowest BCUT2D eigenvalue weighted by molar-refractivity contribution is -0.137. The number of amides is 1. The van der Waals surface area contributed by atoms with Crippen LogP contribution in [0.3, 0.4) is 0 Å². The fraction of sp³-hybridized carbons (Fsp3) is 0.429. The van der Waals surface area contributed by atoms with E-state index in [0.29, 0.717) is 43.8 Å². The standard InChI is InChI=1S/C28H30ClF4N7O2/c1-4-24(41)39-7-9-40(10-8-39)26-18-12-20(29)17(25-19(28(31,32)33)5-6-23(34)36-25)13-22(18)35-27(37-26)42-14-16-11-21(30)15(2)38(16)3/h4-6,12-13,15-16,21H,1,7-11,14H2,2-3H3,(H2,34,36)/t15-,16-,21+/m0/s1. The van der Waals surface area contributed by atoms with E-state index in [1.54, 1.807) is 11.8 Å². The van der Waals surface area contributed by atoms with Crippen molar-refractivity contribution in [2.24, 2.45) is 0 Å². The molecule has 3 atom stereocenters. The molecule has 2 saturated heterocycles. The minimum absolute atomic E-state index is 0.000597. The number of alkyl halides is 4. The van der Waals surface area contributed by atoms with Crippen molar-refractivity contribution in [3.63, 3.8) is 0 Å². The van der Waals surface area contributed by atoms with Crippen molar-refractivity contribution in [3.05, 3.63) is 47.5 Å². The zero-order chi connectivity index (χ0) is 30.3. The molecule has 3 aromatic rings. The Morgan fingerprint density at radius 3 is 2.52 bits per heavy atom. The maximum atomic E-state index is 14.3. The van der Waals surface area contributed by atoms with Gasteiger partial charge in [0.15, 0.2) is 0 Å². The number of rotatable bonds is 6. The third-order valence-corrected chi connectivity index (χ3v) is 8.24. The van der Waals surface area contributed by atoms with Crippen LogP contribution in [0.25, 0.3) is 22.2 Å². The van der Waals surface area contributed by atoms with Crippen LogP contribution in [0.15, 0.2) is 36.9 Å². The molecule has 0 spiro atoms. The van der Waals surface area contributed by atoms with E-state index in [4.69, 9.17) is 22.1 Å². The van der Waals surface area contributed by atoms with Gasteiger partial charge in [-0.05, 0) is 50.7 Å². The van der Waals surface area contributed by atoms with Crippen LogP contribution in [0.1, 0.15) is 18.9 Å². The van der Waals surface area contributed by atoms with Gasteiger partial charge in [-0.3, -0.25) is 9.69 Å². The van der Waals surface area contributed by atoms with Gasteiger partial charge in [-0.1, -0.05) is 18.2 Å². The number of hydrogen-bond donors (Lipinski definition) is 1. The Balaban J connectivity index is 1.57. The smallest absolute Gasteiger partial charge is 0.418 e. The predicted molar refractivity (Wildman–Crippen MR) is 152 cm³/mol. The highest BCUT2D eigenvalue weighted by Gasteiger charge is 2.37. The summed E-state index contributed by atoms with van der Waals surface area (Å²) >= 11 is 6.58. The summed E-state index contributed by atoms with van der Waals surface area (Å²) in [5.41, 5.74) is 4.59. The highest BCUT2D eigenvalue weighted by Crippen LogP contribution is 2.41. The van der Waals surface area contributed by atoms with Gasteiger partial charge in [0.1, 0.15) is 24.4 Å². The Morgan fingerprint density at radius 1 is 1.19 bits per heavy atom. The summed E-state index contributed by atoms with van der Waals surface area (Å²) in [6, 6.07) is 4.35. The molecule has 0 saturated carbocycles. The lowest BCUT2D eigenvalue weighted by Gasteiger charge is -2.35. The Labute approximate surface area is 244 Å². The topological polar surface area (TPSA) is 101 Å². The summed E-state index contributed by atoms with van der Waals surface area (Å²) in [4.78, 5) is 30.7. The molecule has 5 rings (SSSR count). The molecular weight excluding hydrogens is 578 g/mol. The molecule has 2 N–H and O–H groups in total. The molecule has 224 valence electrons. The van der Waals surface area contributed by atoms with Gasteiger partial charge in [-0.2, -0.15) is 23.1 Å². The minimum Gasteiger partial charge on any atom is -0.462 e. The number of likely N-dealkylation sites (tertiary alicyclic amines) is 1. The van der Waals surface area contributed by atoms with Crippen LogP contribution < -0.4 is 15.4 Å². The van der Waals surface area contributed by atoms with Crippen LogP contribution in [-0.4, -0.2) is 88.7 Å². The largest absolute Gasteiger partial charge is 0.462 e. The zero-order valence-electron chi connectivity index (χ0n) is 23.0. The van der Waals surface area contributed by atoms with Crippen LogP contribution in [0, 0.1) is 0 Å². The summed E-state index contributed by atoms with van der Waals surface area (Å²) in [6.07, 6.45) is -4.16. The van der Waals surface area contributed by atoms with Gasteiger partial charge >= 0.3 is 12.2 Å². The van der Waals surface area contributed by atoms with Gasteiger partial charge in [0.05, 0.1) is 21.8 Å². The van der Waals surface area contributed by atoms with E-state index in [9.17, 15) is 22.4 Å². The molecule has 14 heteroatoms. The van der Waals surface area contributed by atoms with Crippen LogP contribution in [-0.2, 0) is 11.0 Å². The van der Waals surface area contributed by atoms with Crippen molar-refractivity contribution >= 4 is 40.0 Å². The molecule has 4 heterocycles. The fourth-order valence-corrected chi connectivity index (χ4v) is 5.60. The average molecular weight is 608 g/mol. The van der Waals surface area contributed by atoms with Crippen LogP contribution in [0.5, 0.6) is 6.01 Å². The number of fused-ring (bicyclic) bond motifs is 1. The van der Waals surface area contributed by atoms with Gasteiger partial charge in [0, 0.05) is 49.2 Å². The maximum Gasteiger partial charge on any atom is 0.418 e. The Bertz CT molecular complexity index is 1510. The normalized spacial score (nSPS) is 21.6. The van der Waals surface area contributed by atoms with Gasteiger partial charge in [0.25, 0.3) is 0 Å². The Morgan fingerprint density at radius 2 is 1.90 bits per heavy atom. The third-order valence-electron chi connectivity index (χ3n) is 7.93. The number of nitrogens with two attached hydrogens (primary N) is 1. The molecule has 9 nitrogen and oxygen atoms in total. The lowest BCUT2D eigenvalue weighted by atomic mass is 10.0. The summed E-state index contributed by atoms with van der Waals surface area (Å²) in [5.74, 6) is 0.159. The number of carbonyl (C=O) groups excluding carboxylic acids is 1. The number of anilines is 2. The molecule has 1 amide bonds. The molecule has 2 aliphatic heterocycles. The van der Waals surface area contributed by atoms with E-state index in [1.165, 1.54) is 18.2 Å². The number of halogens is 5. The zero-order valence-corrected chi connectivity index (χ0v) is 23.8. The second kappa shape index (κ2) is 11.5. The minimum atomic E-state index is -4.71. The summed E-state index contributed by atoms with van der Waals surface area (Å²) < 4.78 is 61.9. The van der Waals surface area contributed by atoms with Crippen LogP contribution in [0.2, 0.25) is 5.02 Å². The molecule has 1 aromatic carbocycles. The lowest BCUT2D eigenvalue weighted by Crippen LogP contribution is -2.48. The number of ether oxygens (including phenoxy) is 1. The monoisotopic (exact) mass is 607 g/mol. The van der Waals surface area contributed by atoms with E-state index < -0.39 is 23.6 Å². The van der Waals surface area contributed by atoms with Gasteiger partial charge in [0.2, 0.25) is 5.91 Å². The third kappa shape index (κ3) is 5.80. The predicted octanol–water partition coefficient (Wildman–Crippen LogP) is 4.59.